The predicted molar refractivity (Wildman–Crippen MR) is 129 cm³/mol. The van der Waals surface area contributed by atoms with E-state index in [4.69, 9.17) is 0 Å². The van der Waals surface area contributed by atoms with Crippen LogP contribution in [-0.4, -0.2) is 67.5 Å². The number of sulfonamides is 1. The number of nitrogens with zero attached hydrogens (tertiary/aromatic N) is 5. The molecule has 2 aliphatic rings. The zero-order valence-electron chi connectivity index (χ0n) is 20.3. The molecule has 0 saturated carbocycles. The van der Waals surface area contributed by atoms with Crippen LogP contribution in [0.25, 0.3) is 0 Å². The molecule has 1 atom stereocenters. The Morgan fingerprint density at radius 1 is 1.21 bits per heavy atom. The van der Waals surface area contributed by atoms with E-state index < -0.39 is 10.0 Å². The lowest BCUT2D eigenvalue weighted by molar-refractivity contribution is -0.125. The van der Waals surface area contributed by atoms with Gasteiger partial charge in [-0.15, -0.1) is 0 Å². The molecule has 0 radical (unpaired) electrons. The minimum Gasteiger partial charge on any atom is -0.358 e. The number of carbonyl (C=O) groups excluding carboxylic acids is 2. The summed E-state index contributed by atoms with van der Waals surface area (Å²) in [6.45, 7) is 4.69. The van der Waals surface area contributed by atoms with Gasteiger partial charge in [0.2, 0.25) is 21.8 Å². The van der Waals surface area contributed by atoms with Crippen LogP contribution in [0.15, 0.2) is 23.1 Å². The highest BCUT2D eigenvalue weighted by atomic mass is 32.2. The van der Waals surface area contributed by atoms with Gasteiger partial charge in [-0.3, -0.25) is 19.2 Å². The van der Waals surface area contributed by atoms with E-state index in [0.29, 0.717) is 18.7 Å². The van der Waals surface area contributed by atoms with Crippen LogP contribution < -0.4 is 15.1 Å². The van der Waals surface area contributed by atoms with Gasteiger partial charge < -0.3 is 10.2 Å². The maximum absolute atomic E-state index is 13.5. The standard InChI is InChI=1S/C23H32N6O4S/c1-15-18(16(2)27(5)25-15)13-24-22(30)14-29-21-12-17(34(32,33)26(3)4)9-10-19(21)28-11-7-6-8-20(28)23(29)31/h9-10,12,20H,6-8,11,13-14H2,1-5H3,(H,24,30)/t20-/m0/s1. The molecule has 2 aromatic rings. The van der Waals surface area contributed by atoms with Gasteiger partial charge in [-0.1, -0.05) is 0 Å². The maximum Gasteiger partial charge on any atom is 0.250 e. The fourth-order valence-corrected chi connectivity index (χ4v) is 5.65. The largest absolute Gasteiger partial charge is 0.358 e. The van der Waals surface area contributed by atoms with Crippen molar-refractivity contribution in [1.29, 1.82) is 0 Å². The molecule has 4 rings (SSSR count). The van der Waals surface area contributed by atoms with Crippen LogP contribution >= 0.6 is 0 Å². The Morgan fingerprint density at radius 2 is 1.94 bits per heavy atom. The Hall–Kier alpha value is -2.92. The fraction of sp³-hybridized carbons (Fsp3) is 0.522. The normalized spacial score (nSPS) is 18.2. The van der Waals surface area contributed by atoms with Crippen molar-refractivity contribution >= 4 is 33.2 Å². The Balaban J connectivity index is 1.64. The Morgan fingerprint density at radius 3 is 2.59 bits per heavy atom. The van der Waals surface area contributed by atoms with Gasteiger partial charge in [-0.25, -0.2) is 12.7 Å². The van der Waals surface area contributed by atoms with E-state index in [0.717, 1.165) is 46.3 Å². The molecule has 1 aromatic carbocycles. The topological polar surface area (TPSA) is 108 Å². The number of carbonyl (C=O) groups is 2. The molecule has 2 aliphatic heterocycles. The van der Waals surface area contributed by atoms with E-state index >= 15 is 0 Å². The number of rotatable bonds is 6. The first-order chi connectivity index (χ1) is 16.0. The zero-order valence-corrected chi connectivity index (χ0v) is 21.1. The van der Waals surface area contributed by atoms with Gasteiger partial charge in [0.05, 0.1) is 22.0 Å². The quantitative estimate of drug-likeness (QED) is 0.657. The first-order valence-electron chi connectivity index (χ1n) is 11.4. The van der Waals surface area contributed by atoms with E-state index in [2.05, 4.69) is 10.4 Å². The van der Waals surface area contributed by atoms with Crippen molar-refractivity contribution in [1.82, 2.24) is 19.4 Å². The Labute approximate surface area is 200 Å². The average molecular weight is 489 g/mol. The lowest BCUT2D eigenvalue weighted by atomic mass is 9.96. The first-order valence-corrected chi connectivity index (χ1v) is 12.9. The minimum atomic E-state index is -3.70. The first kappa shape index (κ1) is 24.2. The zero-order chi connectivity index (χ0) is 24.8. The van der Waals surface area contributed by atoms with E-state index in [1.165, 1.54) is 25.1 Å². The molecular formula is C23H32N6O4S. The van der Waals surface area contributed by atoms with Crippen LogP contribution in [-0.2, 0) is 33.2 Å². The number of benzene rings is 1. The van der Waals surface area contributed by atoms with Crippen molar-refractivity contribution in [3.8, 4) is 0 Å². The van der Waals surface area contributed by atoms with E-state index in [-0.39, 0.29) is 29.3 Å². The van der Waals surface area contributed by atoms with Crippen LogP contribution in [0.2, 0.25) is 0 Å². The van der Waals surface area contributed by atoms with Gasteiger partial charge in [0.1, 0.15) is 12.6 Å². The molecule has 0 aliphatic carbocycles. The van der Waals surface area contributed by atoms with Crippen molar-refractivity contribution in [2.75, 3.05) is 37.0 Å². The van der Waals surface area contributed by atoms with E-state index in [1.54, 1.807) is 16.8 Å². The fourth-order valence-electron chi connectivity index (χ4n) is 4.73. The number of aryl methyl sites for hydroxylation is 2. The summed E-state index contributed by atoms with van der Waals surface area (Å²) in [5.74, 6) is -0.484. The number of amides is 2. The molecule has 2 amide bonds. The molecule has 1 aromatic heterocycles. The summed E-state index contributed by atoms with van der Waals surface area (Å²) in [7, 11) is 1.09. The molecule has 10 nitrogen and oxygen atoms in total. The molecule has 11 heteroatoms. The molecule has 3 heterocycles. The lowest BCUT2D eigenvalue weighted by Crippen LogP contribution is -2.57. The summed E-state index contributed by atoms with van der Waals surface area (Å²) in [6.07, 6.45) is 2.61. The third-order valence-electron chi connectivity index (χ3n) is 6.80. The number of aromatic nitrogens is 2. The summed E-state index contributed by atoms with van der Waals surface area (Å²) in [5, 5.41) is 7.27. The van der Waals surface area contributed by atoms with Crippen molar-refractivity contribution in [3.63, 3.8) is 0 Å². The van der Waals surface area contributed by atoms with Gasteiger partial charge in [0.25, 0.3) is 0 Å². The maximum atomic E-state index is 13.5. The number of fused-ring (bicyclic) bond motifs is 3. The van der Waals surface area contributed by atoms with Gasteiger partial charge >= 0.3 is 0 Å². The van der Waals surface area contributed by atoms with E-state index in [9.17, 15) is 18.0 Å². The lowest BCUT2D eigenvalue weighted by Gasteiger charge is -2.45. The second kappa shape index (κ2) is 9.03. The molecule has 34 heavy (non-hydrogen) atoms. The van der Waals surface area contributed by atoms with Crippen molar-refractivity contribution in [2.45, 2.75) is 50.6 Å². The molecule has 1 saturated heterocycles. The number of hydrogen-bond acceptors (Lipinski definition) is 6. The summed E-state index contributed by atoms with van der Waals surface area (Å²) < 4.78 is 28.4. The van der Waals surface area contributed by atoms with Crippen molar-refractivity contribution in [3.05, 3.63) is 35.2 Å². The van der Waals surface area contributed by atoms with Crippen LogP contribution in [0.4, 0.5) is 11.4 Å². The van der Waals surface area contributed by atoms with Crippen LogP contribution in [0.3, 0.4) is 0 Å². The highest BCUT2D eigenvalue weighted by Gasteiger charge is 2.40. The van der Waals surface area contributed by atoms with Crippen LogP contribution in [0, 0.1) is 13.8 Å². The SMILES string of the molecule is Cc1nn(C)c(C)c1CNC(=O)CN1C(=O)[C@@H]2CCCCN2c2ccc(S(=O)(=O)N(C)C)cc21. The highest BCUT2D eigenvalue weighted by Crippen LogP contribution is 2.40. The third-order valence-corrected chi connectivity index (χ3v) is 8.61. The number of anilines is 2. The predicted octanol–water partition coefficient (Wildman–Crippen LogP) is 1.31. The highest BCUT2D eigenvalue weighted by molar-refractivity contribution is 7.89. The molecule has 0 bridgehead atoms. The number of hydrogen-bond donors (Lipinski definition) is 1. The molecule has 1 fully saturated rings. The van der Waals surface area contributed by atoms with Gasteiger partial charge in [0.15, 0.2) is 0 Å². The molecule has 1 N–H and O–H groups in total. The van der Waals surface area contributed by atoms with Crippen LogP contribution in [0.5, 0.6) is 0 Å². The van der Waals surface area contributed by atoms with E-state index in [1.807, 2.05) is 25.8 Å². The van der Waals surface area contributed by atoms with Gasteiger partial charge in [0, 0.05) is 45.5 Å². The van der Waals surface area contributed by atoms with Crippen molar-refractivity contribution in [2.24, 2.45) is 7.05 Å². The second-order valence-corrected chi connectivity index (χ2v) is 11.3. The Kier molecular flexibility index (Phi) is 6.43. The third kappa shape index (κ3) is 4.18. The molecular weight excluding hydrogens is 456 g/mol. The average Bonchev–Trinajstić information content (AvgIpc) is 3.05. The molecule has 184 valence electrons. The monoisotopic (exact) mass is 488 g/mol. The van der Waals surface area contributed by atoms with Gasteiger partial charge in [-0.05, 0) is 51.3 Å². The number of nitrogens with one attached hydrogen (secondary N) is 1. The Bertz CT molecular complexity index is 1240. The summed E-state index contributed by atoms with van der Waals surface area (Å²) in [6, 6.07) is 4.50. The smallest absolute Gasteiger partial charge is 0.250 e. The van der Waals surface area contributed by atoms with Crippen LogP contribution in [0.1, 0.15) is 36.2 Å². The minimum absolute atomic E-state index is 0.0894. The summed E-state index contributed by atoms with van der Waals surface area (Å²) >= 11 is 0. The van der Waals surface area contributed by atoms with Gasteiger partial charge in [-0.2, -0.15) is 5.10 Å². The summed E-state index contributed by atoms with van der Waals surface area (Å²) in [4.78, 5) is 30.0. The molecule has 0 unspecified atom stereocenters. The number of piperidine rings is 1. The summed E-state index contributed by atoms with van der Waals surface area (Å²) in [5.41, 5.74) is 3.99. The molecule has 0 spiro atoms. The van der Waals surface area contributed by atoms with Crippen molar-refractivity contribution < 1.29 is 18.0 Å². The second-order valence-electron chi connectivity index (χ2n) is 9.12.